The zero-order valence-electron chi connectivity index (χ0n) is 21.0. The van der Waals surface area contributed by atoms with Crippen molar-refractivity contribution in [3.8, 4) is 11.8 Å². The summed E-state index contributed by atoms with van der Waals surface area (Å²) in [5.41, 5.74) is 0.737. The van der Waals surface area contributed by atoms with Gasteiger partial charge in [0.05, 0.1) is 11.1 Å². The van der Waals surface area contributed by atoms with E-state index in [4.69, 9.17) is 0 Å². The molecule has 0 aliphatic heterocycles. The van der Waals surface area contributed by atoms with E-state index in [9.17, 15) is 22.0 Å². The number of hydrogen-bond donors (Lipinski definition) is 0. The second kappa shape index (κ2) is 13.6. The first kappa shape index (κ1) is 28.0. The topological polar surface area (TPSA) is 0 Å². The van der Waals surface area contributed by atoms with Crippen LogP contribution in [0.3, 0.4) is 0 Å². The minimum atomic E-state index is -2.74. The third-order valence-corrected chi connectivity index (χ3v) is 6.88. The van der Waals surface area contributed by atoms with Gasteiger partial charge in [-0.2, -0.15) is 0 Å². The largest absolute Gasteiger partial charge is 0.248 e. The number of alkyl halides is 2. The predicted octanol–water partition coefficient (Wildman–Crippen LogP) is 9.95. The third-order valence-electron chi connectivity index (χ3n) is 6.88. The number of halogens is 5. The average Bonchev–Trinajstić information content (AvgIpc) is 2.85. The number of allylic oxidation sites excluding steroid dienone is 1. The molecule has 1 aliphatic carbocycles. The Hall–Kier alpha value is -2.61. The lowest BCUT2D eigenvalue weighted by atomic mass is 9.82. The Balaban J connectivity index is 1.57. The van der Waals surface area contributed by atoms with Crippen molar-refractivity contribution in [3.05, 3.63) is 76.1 Å². The maximum Gasteiger partial charge on any atom is 0.248 e. The van der Waals surface area contributed by atoms with Gasteiger partial charge in [-0.15, -0.1) is 0 Å². The van der Waals surface area contributed by atoms with Crippen molar-refractivity contribution in [1.29, 1.82) is 0 Å². The van der Waals surface area contributed by atoms with Gasteiger partial charge < -0.3 is 0 Å². The van der Waals surface area contributed by atoms with Crippen molar-refractivity contribution in [3.63, 3.8) is 0 Å². The van der Waals surface area contributed by atoms with Crippen molar-refractivity contribution in [2.75, 3.05) is 0 Å². The first-order valence-corrected chi connectivity index (χ1v) is 13.1. The highest BCUT2D eigenvalue weighted by atomic mass is 19.3. The van der Waals surface area contributed by atoms with Crippen molar-refractivity contribution in [2.45, 2.75) is 95.8 Å². The smallest absolute Gasteiger partial charge is 0.207 e. The summed E-state index contributed by atoms with van der Waals surface area (Å²) in [5, 5.41) is 0. The highest BCUT2D eigenvalue weighted by Gasteiger charge is 2.36. The van der Waals surface area contributed by atoms with Crippen LogP contribution in [-0.2, 0) is 0 Å². The lowest BCUT2D eigenvalue weighted by Crippen LogP contribution is -2.24. The lowest BCUT2D eigenvalue weighted by molar-refractivity contribution is -0.0384. The first-order chi connectivity index (χ1) is 17.3. The SMILES string of the molecule is CCCCCCCCC/C=C/c1ccc(C#Cc2ccc(C3CCC(F)(F)CC3)c(F)c2F)c(F)c1. The monoisotopic (exact) mass is 502 g/mol. The Kier molecular flexibility index (Phi) is 10.6. The lowest BCUT2D eigenvalue weighted by Gasteiger charge is -2.28. The Morgan fingerprint density at radius 1 is 0.833 bits per heavy atom. The molecule has 0 nitrogen and oxygen atoms in total. The Labute approximate surface area is 212 Å². The second-order valence-corrected chi connectivity index (χ2v) is 9.76. The summed E-state index contributed by atoms with van der Waals surface area (Å²) in [4.78, 5) is 0. The van der Waals surface area contributed by atoms with Crippen molar-refractivity contribution in [1.82, 2.24) is 0 Å². The highest BCUT2D eigenvalue weighted by molar-refractivity contribution is 5.53. The van der Waals surface area contributed by atoms with Gasteiger partial charge in [0.1, 0.15) is 5.82 Å². The van der Waals surface area contributed by atoms with Crippen molar-refractivity contribution < 1.29 is 22.0 Å². The summed E-state index contributed by atoms with van der Waals surface area (Å²) in [6.45, 7) is 2.21. The van der Waals surface area contributed by atoms with Crippen LogP contribution < -0.4 is 0 Å². The molecule has 3 rings (SSSR count). The van der Waals surface area contributed by atoms with E-state index in [1.807, 2.05) is 12.2 Å². The van der Waals surface area contributed by atoms with Gasteiger partial charge in [-0.05, 0) is 60.9 Å². The van der Waals surface area contributed by atoms with Gasteiger partial charge in [0.15, 0.2) is 11.6 Å². The van der Waals surface area contributed by atoms with Gasteiger partial charge in [-0.25, -0.2) is 22.0 Å². The quantitative estimate of drug-likeness (QED) is 0.172. The molecule has 0 atom stereocenters. The van der Waals surface area contributed by atoms with E-state index in [-0.39, 0.29) is 42.4 Å². The molecule has 0 saturated heterocycles. The molecule has 194 valence electrons. The predicted molar refractivity (Wildman–Crippen MR) is 137 cm³/mol. The zero-order valence-corrected chi connectivity index (χ0v) is 21.0. The summed E-state index contributed by atoms with van der Waals surface area (Å²) in [7, 11) is 0. The molecule has 1 aliphatic rings. The van der Waals surface area contributed by atoms with Gasteiger partial charge in [0, 0.05) is 12.8 Å². The molecule has 0 unspecified atom stereocenters. The maximum absolute atomic E-state index is 14.7. The van der Waals surface area contributed by atoms with Gasteiger partial charge in [0.2, 0.25) is 5.92 Å². The van der Waals surface area contributed by atoms with Crippen molar-refractivity contribution in [2.24, 2.45) is 0 Å². The van der Waals surface area contributed by atoms with Crippen LogP contribution in [-0.4, -0.2) is 5.92 Å². The minimum Gasteiger partial charge on any atom is -0.207 e. The van der Waals surface area contributed by atoms with Crippen LogP contribution in [0.4, 0.5) is 22.0 Å². The fraction of sp³-hybridized carbons (Fsp3) is 0.484. The number of unbranched alkanes of at least 4 members (excludes halogenated alkanes) is 7. The fourth-order valence-corrected chi connectivity index (χ4v) is 4.64. The van der Waals surface area contributed by atoms with Gasteiger partial charge in [0.25, 0.3) is 0 Å². The minimum absolute atomic E-state index is 0.0950. The summed E-state index contributed by atoms with van der Waals surface area (Å²) in [5.74, 6) is -0.783. The molecule has 0 spiro atoms. The van der Waals surface area contributed by atoms with Crippen LogP contribution in [0.15, 0.2) is 36.4 Å². The van der Waals surface area contributed by atoms with Gasteiger partial charge in [-0.3, -0.25) is 0 Å². The van der Waals surface area contributed by atoms with E-state index in [0.29, 0.717) is 0 Å². The molecule has 0 heterocycles. The van der Waals surface area contributed by atoms with E-state index < -0.39 is 29.3 Å². The summed E-state index contributed by atoms with van der Waals surface area (Å²) in [6.07, 6.45) is 13.1. The molecule has 0 N–H and O–H groups in total. The Morgan fingerprint density at radius 2 is 1.47 bits per heavy atom. The highest BCUT2D eigenvalue weighted by Crippen LogP contribution is 2.42. The van der Waals surface area contributed by atoms with Gasteiger partial charge >= 0.3 is 0 Å². The summed E-state index contributed by atoms with van der Waals surface area (Å²) in [6, 6.07) is 7.40. The van der Waals surface area contributed by atoms with E-state index in [0.717, 1.165) is 18.4 Å². The zero-order chi connectivity index (χ0) is 26.0. The molecule has 36 heavy (non-hydrogen) atoms. The number of rotatable bonds is 10. The molecule has 2 aromatic carbocycles. The van der Waals surface area contributed by atoms with Crippen molar-refractivity contribution >= 4 is 6.08 Å². The van der Waals surface area contributed by atoms with E-state index >= 15 is 0 Å². The average molecular weight is 503 g/mol. The molecular formula is C31H35F5. The molecule has 5 heteroatoms. The fourth-order valence-electron chi connectivity index (χ4n) is 4.64. The van der Waals surface area contributed by atoms with E-state index in [1.165, 1.54) is 62.8 Å². The van der Waals surface area contributed by atoms with E-state index in [1.54, 1.807) is 6.07 Å². The summed E-state index contributed by atoms with van der Waals surface area (Å²) < 4.78 is 70.6. The first-order valence-electron chi connectivity index (χ1n) is 13.1. The van der Waals surface area contributed by atoms with E-state index in [2.05, 4.69) is 18.8 Å². The maximum atomic E-state index is 14.7. The molecule has 0 amide bonds. The van der Waals surface area contributed by atoms with Crippen LogP contribution in [0.1, 0.15) is 112 Å². The molecule has 2 aromatic rings. The standard InChI is InChI=1S/C31H35F5/c1-2-3-4-5-6-7-8-9-10-11-23-12-13-25(28(32)22-23)14-15-26-16-17-27(30(34)29(26)33)24-18-20-31(35,36)21-19-24/h10-13,16-17,22,24H,2-9,18-21H2,1H3/b11-10+. The normalized spacial score (nSPS) is 15.7. The molecule has 0 aromatic heterocycles. The molecular weight excluding hydrogens is 467 g/mol. The molecule has 0 bridgehead atoms. The van der Waals surface area contributed by atoms with Crippen LogP contribution in [0.5, 0.6) is 0 Å². The number of hydrogen-bond acceptors (Lipinski definition) is 0. The summed E-state index contributed by atoms with van der Waals surface area (Å²) >= 11 is 0. The van der Waals surface area contributed by atoms with Crippen LogP contribution >= 0.6 is 0 Å². The van der Waals surface area contributed by atoms with Gasteiger partial charge in [-0.1, -0.05) is 81.6 Å². The molecule has 1 saturated carbocycles. The Bertz CT molecular complexity index is 1080. The Morgan fingerprint density at radius 3 is 2.17 bits per heavy atom. The molecule has 0 radical (unpaired) electrons. The van der Waals surface area contributed by atoms with Crippen LogP contribution in [0.2, 0.25) is 0 Å². The molecule has 1 fully saturated rings. The van der Waals surface area contributed by atoms with Crippen LogP contribution in [0, 0.1) is 29.3 Å². The second-order valence-electron chi connectivity index (χ2n) is 9.76. The number of benzene rings is 2. The third kappa shape index (κ3) is 8.22. The van der Waals surface area contributed by atoms with Crippen LogP contribution in [0.25, 0.3) is 6.08 Å².